The van der Waals surface area contributed by atoms with E-state index in [4.69, 9.17) is 18.9 Å². The molecular formula is C28H42N2O6S. The summed E-state index contributed by atoms with van der Waals surface area (Å²) >= 11 is 1.78. The summed E-state index contributed by atoms with van der Waals surface area (Å²) < 4.78 is 25.2. The number of hydrogen-bond donors (Lipinski definition) is 0. The number of carbonyl (C=O) groups is 2. The fourth-order valence-electron chi connectivity index (χ4n) is 3.57. The van der Waals surface area contributed by atoms with Crippen LogP contribution >= 0.6 is 11.8 Å². The van der Waals surface area contributed by atoms with E-state index in [1.54, 1.807) is 37.3 Å². The Labute approximate surface area is 225 Å². The van der Waals surface area contributed by atoms with E-state index in [9.17, 15) is 9.59 Å². The summed E-state index contributed by atoms with van der Waals surface area (Å²) in [6.07, 6.45) is 6.45. The number of aromatic nitrogens is 1. The fourth-order valence-corrected chi connectivity index (χ4v) is 3.97. The highest BCUT2D eigenvalue weighted by atomic mass is 32.2. The topological polar surface area (TPSA) is 79.2 Å². The third-order valence-corrected chi connectivity index (χ3v) is 6.20. The molecule has 0 aliphatic rings. The van der Waals surface area contributed by atoms with Crippen LogP contribution in [0.3, 0.4) is 0 Å². The van der Waals surface area contributed by atoms with Crippen LogP contribution in [0.1, 0.15) is 73.9 Å². The Morgan fingerprint density at radius 1 is 0.838 bits per heavy atom. The van der Waals surface area contributed by atoms with Crippen molar-refractivity contribution in [3.05, 3.63) is 35.7 Å². The molecule has 0 saturated heterocycles. The van der Waals surface area contributed by atoms with Crippen molar-refractivity contribution >= 4 is 23.6 Å². The van der Waals surface area contributed by atoms with E-state index >= 15 is 0 Å². The fraction of sp³-hybridized carbons (Fsp3) is 0.571. The van der Waals surface area contributed by atoms with Crippen molar-refractivity contribution in [2.75, 3.05) is 52.5 Å². The molecule has 0 unspecified atom stereocenters. The van der Waals surface area contributed by atoms with Crippen LogP contribution in [0, 0.1) is 0 Å². The minimum atomic E-state index is -0.579. The van der Waals surface area contributed by atoms with Gasteiger partial charge in [-0.2, -0.15) is 11.8 Å². The molecule has 0 radical (unpaired) electrons. The molecule has 206 valence electrons. The first-order valence-electron chi connectivity index (χ1n) is 13.1. The van der Waals surface area contributed by atoms with Crippen LogP contribution in [-0.2, 0) is 4.74 Å². The van der Waals surface area contributed by atoms with Crippen molar-refractivity contribution in [1.29, 1.82) is 0 Å². The van der Waals surface area contributed by atoms with Gasteiger partial charge in [-0.25, -0.2) is 4.79 Å². The number of ether oxygens (including phenoxy) is 4. The van der Waals surface area contributed by atoms with Gasteiger partial charge in [-0.05, 0) is 62.5 Å². The van der Waals surface area contributed by atoms with Crippen LogP contribution in [0.25, 0.3) is 5.69 Å². The largest absolute Gasteiger partial charge is 0.494 e. The predicted octanol–water partition coefficient (Wildman–Crippen LogP) is 5.85. The number of rotatable bonds is 17. The average molecular weight is 535 g/mol. The van der Waals surface area contributed by atoms with Gasteiger partial charge in [-0.15, -0.1) is 0 Å². The van der Waals surface area contributed by atoms with Crippen molar-refractivity contribution in [2.45, 2.75) is 52.9 Å². The summed E-state index contributed by atoms with van der Waals surface area (Å²) in [5.41, 5.74) is 0.975. The molecule has 1 aromatic carbocycles. The number of thioether (sulfide) groups is 1. The third-order valence-electron chi connectivity index (χ3n) is 5.51. The van der Waals surface area contributed by atoms with Gasteiger partial charge in [0, 0.05) is 19.8 Å². The quantitative estimate of drug-likeness (QED) is 0.186. The van der Waals surface area contributed by atoms with Crippen LogP contribution in [0.4, 0.5) is 0 Å². The van der Waals surface area contributed by atoms with E-state index < -0.39 is 5.97 Å². The molecule has 0 saturated carbocycles. The van der Waals surface area contributed by atoms with E-state index in [-0.39, 0.29) is 35.4 Å². The highest BCUT2D eigenvalue weighted by Crippen LogP contribution is 2.42. The number of carbonyl (C=O) groups excluding carboxylic acids is 2. The molecule has 0 spiro atoms. The molecule has 0 fully saturated rings. The molecule has 2 aromatic rings. The summed E-state index contributed by atoms with van der Waals surface area (Å²) in [5.74, 6) is 1.37. The highest BCUT2D eigenvalue weighted by molar-refractivity contribution is 7.98. The van der Waals surface area contributed by atoms with Crippen molar-refractivity contribution in [2.24, 2.45) is 0 Å². The predicted molar refractivity (Wildman–Crippen MR) is 149 cm³/mol. The van der Waals surface area contributed by atoms with E-state index in [1.807, 2.05) is 24.3 Å². The maximum atomic E-state index is 13.5. The lowest BCUT2D eigenvalue weighted by atomic mass is 10.2. The van der Waals surface area contributed by atoms with Gasteiger partial charge in [0.2, 0.25) is 0 Å². The zero-order valence-corrected chi connectivity index (χ0v) is 23.9. The second-order valence-electron chi connectivity index (χ2n) is 8.70. The van der Waals surface area contributed by atoms with E-state index in [0.717, 1.165) is 37.9 Å². The summed E-state index contributed by atoms with van der Waals surface area (Å²) in [5, 5.41) is 0. The zero-order valence-electron chi connectivity index (χ0n) is 23.1. The maximum Gasteiger partial charge on any atom is 0.359 e. The molecule has 2 rings (SSSR count). The molecule has 9 heteroatoms. The number of unbranched alkanes of at least 4 members (excludes halogenated alkanes) is 2. The molecular weight excluding hydrogens is 492 g/mol. The zero-order chi connectivity index (χ0) is 27.2. The highest BCUT2D eigenvalue weighted by Gasteiger charge is 2.35. The van der Waals surface area contributed by atoms with Crippen LogP contribution in [0.2, 0.25) is 0 Å². The van der Waals surface area contributed by atoms with E-state index in [1.165, 1.54) is 4.90 Å². The Kier molecular flexibility index (Phi) is 13.3. The SMILES string of the molecule is CCCCOc1c(OCCCC)c(C(=O)N(C)C)n(-c2ccc(OCCCSC)cc2)c1C(=O)OCC. The van der Waals surface area contributed by atoms with Gasteiger partial charge < -0.3 is 23.8 Å². The van der Waals surface area contributed by atoms with Gasteiger partial charge in [0.1, 0.15) is 5.75 Å². The number of benzene rings is 1. The Bertz CT molecular complexity index is 988. The van der Waals surface area contributed by atoms with Crippen molar-refractivity contribution in [3.63, 3.8) is 0 Å². The van der Waals surface area contributed by atoms with E-state index in [0.29, 0.717) is 31.3 Å². The van der Waals surface area contributed by atoms with Crippen molar-refractivity contribution in [3.8, 4) is 22.9 Å². The molecule has 1 heterocycles. The molecule has 0 N–H and O–H groups in total. The number of amides is 1. The van der Waals surface area contributed by atoms with Crippen molar-refractivity contribution in [1.82, 2.24) is 9.47 Å². The monoisotopic (exact) mass is 534 g/mol. The van der Waals surface area contributed by atoms with Gasteiger partial charge >= 0.3 is 5.97 Å². The minimum absolute atomic E-state index is 0.142. The Morgan fingerprint density at radius 2 is 1.41 bits per heavy atom. The lowest BCUT2D eigenvalue weighted by molar-refractivity contribution is 0.0511. The summed E-state index contributed by atoms with van der Waals surface area (Å²) in [6, 6.07) is 7.32. The first kappa shape index (κ1) is 30.4. The van der Waals surface area contributed by atoms with Crippen LogP contribution < -0.4 is 14.2 Å². The number of nitrogens with zero attached hydrogens (tertiary/aromatic N) is 2. The molecule has 0 aliphatic heterocycles. The molecule has 8 nitrogen and oxygen atoms in total. The van der Waals surface area contributed by atoms with Crippen LogP contribution in [0.15, 0.2) is 24.3 Å². The van der Waals surface area contributed by atoms with Gasteiger partial charge in [-0.1, -0.05) is 26.7 Å². The number of hydrogen-bond acceptors (Lipinski definition) is 7. The number of esters is 1. The first-order chi connectivity index (χ1) is 17.9. The summed E-state index contributed by atoms with van der Waals surface area (Å²) in [6.45, 7) is 7.45. The smallest absolute Gasteiger partial charge is 0.359 e. The van der Waals surface area contributed by atoms with Gasteiger partial charge in [0.05, 0.1) is 26.4 Å². The lowest BCUT2D eigenvalue weighted by Crippen LogP contribution is -2.26. The molecule has 0 atom stereocenters. The molecule has 0 aliphatic carbocycles. The third kappa shape index (κ3) is 8.35. The minimum Gasteiger partial charge on any atom is -0.494 e. The molecule has 1 aromatic heterocycles. The molecule has 1 amide bonds. The Balaban J connectivity index is 2.70. The lowest BCUT2D eigenvalue weighted by Gasteiger charge is -2.17. The Hall–Kier alpha value is -2.81. The van der Waals surface area contributed by atoms with Gasteiger partial charge in [0.25, 0.3) is 5.91 Å². The summed E-state index contributed by atoms with van der Waals surface area (Å²) in [4.78, 5) is 28.3. The van der Waals surface area contributed by atoms with Gasteiger partial charge in [0.15, 0.2) is 22.9 Å². The second kappa shape index (κ2) is 16.1. The summed E-state index contributed by atoms with van der Waals surface area (Å²) in [7, 11) is 3.34. The first-order valence-corrected chi connectivity index (χ1v) is 14.5. The Morgan fingerprint density at radius 3 is 1.92 bits per heavy atom. The second-order valence-corrected chi connectivity index (χ2v) is 9.69. The standard InChI is InChI=1S/C28H42N2O6S/c1-7-10-17-35-25-23(27(31)29(4)5)30(21-13-15-22(16-14-21)34-19-12-20-37-6)24(28(32)33-9-3)26(25)36-18-11-8-2/h13-16H,7-12,17-20H2,1-6H3. The van der Waals surface area contributed by atoms with Crippen LogP contribution in [-0.4, -0.2) is 73.9 Å². The average Bonchev–Trinajstić information content (AvgIpc) is 3.21. The van der Waals surface area contributed by atoms with E-state index in [2.05, 4.69) is 20.1 Å². The maximum absolute atomic E-state index is 13.5. The molecule has 0 bridgehead atoms. The molecule has 37 heavy (non-hydrogen) atoms. The van der Waals surface area contributed by atoms with Gasteiger partial charge in [-0.3, -0.25) is 9.36 Å². The normalized spacial score (nSPS) is 10.8. The van der Waals surface area contributed by atoms with Crippen LogP contribution in [0.5, 0.6) is 17.2 Å². The van der Waals surface area contributed by atoms with Crippen molar-refractivity contribution < 1.29 is 28.5 Å².